The number of aryl methyl sites for hydroxylation is 1. The van der Waals surface area contributed by atoms with Crippen LogP contribution in [0.25, 0.3) is 10.2 Å². The molecule has 3 aromatic rings. The van der Waals surface area contributed by atoms with Crippen molar-refractivity contribution in [1.29, 1.82) is 0 Å². The number of halogens is 1. The van der Waals surface area contributed by atoms with Crippen LogP contribution in [0.5, 0.6) is 0 Å². The van der Waals surface area contributed by atoms with Crippen molar-refractivity contribution in [3.8, 4) is 0 Å². The van der Waals surface area contributed by atoms with Gasteiger partial charge < -0.3 is 9.64 Å². The highest BCUT2D eigenvalue weighted by Crippen LogP contribution is 2.30. The van der Waals surface area contributed by atoms with Crippen molar-refractivity contribution in [3.05, 3.63) is 52.3 Å². The first-order valence-corrected chi connectivity index (χ1v) is 9.99. The Hall–Kier alpha value is -2.25. The molecule has 5 nitrogen and oxygen atoms in total. The third kappa shape index (κ3) is 3.61. The second-order valence-electron chi connectivity index (χ2n) is 6.85. The highest BCUT2D eigenvalue weighted by molar-refractivity contribution is 7.20. The van der Waals surface area contributed by atoms with E-state index in [1.807, 2.05) is 22.6 Å². The van der Waals surface area contributed by atoms with E-state index in [0.29, 0.717) is 26.2 Å². The fourth-order valence-electron chi connectivity index (χ4n) is 3.39. The Morgan fingerprint density at radius 1 is 1.37 bits per heavy atom. The molecule has 4 rings (SSSR count). The second kappa shape index (κ2) is 7.40. The number of fused-ring (bicyclic) bond motifs is 1. The van der Waals surface area contributed by atoms with E-state index in [1.165, 1.54) is 23.5 Å². The van der Waals surface area contributed by atoms with Crippen molar-refractivity contribution in [3.63, 3.8) is 0 Å². The lowest BCUT2D eigenvalue weighted by Crippen LogP contribution is -2.45. The molecule has 1 aromatic carbocycles. The topological polar surface area (TPSA) is 47.4 Å². The molecule has 1 amide bonds. The minimum Gasteiger partial charge on any atom is -0.375 e. The third-order valence-corrected chi connectivity index (χ3v) is 6.08. The molecule has 0 bridgehead atoms. The van der Waals surface area contributed by atoms with Crippen LogP contribution in [0.1, 0.15) is 34.3 Å². The molecular formula is C20H22FN3O2S. The zero-order valence-corrected chi connectivity index (χ0v) is 16.3. The van der Waals surface area contributed by atoms with Crippen molar-refractivity contribution >= 4 is 27.5 Å². The van der Waals surface area contributed by atoms with E-state index < -0.39 is 0 Å². The van der Waals surface area contributed by atoms with Crippen LogP contribution >= 0.6 is 11.3 Å². The Bertz CT molecular complexity index is 964. The molecule has 3 heterocycles. The van der Waals surface area contributed by atoms with Gasteiger partial charge in [0, 0.05) is 18.5 Å². The smallest absolute Gasteiger partial charge is 0.264 e. The van der Waals surface area contributed by atoms with Crippen LogP contribution in [0, 0.1) is 12.7 Å². The Balaban J connectivity index is 1.60. The van der Waals surface area contributed by atoms with Gasteiger partial charge in [0.1, 0.15) is 10.6 Å². The molecule has 1 aliphatic heterocycles. The molecular weight excluding hydrogens is 365 g/mol. The van der Waals surface area contributed by atoms with Crippen molar-refractivity contribution < 1.29 is 13.9 Å². The zero-order chi connectivity index (χ0) is 19.0. The normalized spacial score (nSPS) is 17.6. The van der Waals surface area contributed by atoms with E-state index in [-0.39, 0.29) is 17.8 Å². The molecule has 1 saturated heterocycles. The SMILES string of the molecule is CCC1CN(C(=O)c2cc3c(C)nn(Cc4ccc(F)cc4)c3s2)CCO1. The fraction of sp³-hybridized carbons (Fsp3) is 0.400. The van der Waals surface area contributed by atoms with Gasteiger partial charge in [0.05, 0.1) is 29.8 Å². The molecule has 0 spiro atoms. The number of carbonyl (C=O) groups excluding carboxylic acids is 1. The predicted molar refractivity (Wildman–Crippen MR) is 104 cm³/mol. The lowest BCUT2D eigenvalue weighted by atomic mass is 10.2. The highest BCUT2D eigenvalue weighted by atomic mass is 32.1. The first kappa shape index (κ1) is 18.1. The summed E-state index contributed by atoms with van der Waals surface area (Å²) in [6.45, 7) is 6.44. The highest BCUT2D eigenvalue weighted by Gasteiger charge is 2.26. The van der Waals surface area contributed by atoms with Gasteiger partial charge in [-0.05, 0) is 37.1 Å². The van der Waals surface area contributed by atoms with E-state index in [1.54, 1.807) is 12.1 Å². The number of carbonyl (C=O) groups is 1. The Labute approximate surface area is 161 Å². The number of nitrogens with zero attached hydrogens (tertiary/aromatic N) is 3. The quantitative estimate of drug-likeness (QED) is 0.683. The van der Waals surface area contributed by atoms with Crippen molar-refractivity contribution in [2.75, 3.05) is 19.7 Å². The van der Waals surface area contributed by atoms with Gasteiger partial charge in [-0.1, -0.05) is 19.1 Å². The summed E-state index contributed by atoms with van der Waals surface area (Å²) in [7, 11) is 0. The molecule has 1 aliphatic rings. The molecule has 1 unspecified atom stereocenters. The van der Waals surface area contributed by atoms with Gasteiger partial charge in [-0.15, -0.1) is 11.3 Å². The Morgan fingerprint density at radius 3 is 2.89 bits per heavy atom. The van der Waals surface area contributed by atoms with Crippen LogP contribution in [0.15, 0.2) is 30.3 Å². The summed E-state index contributed by atoms with van der Waals surface area (Å²) in [4.78, 5) is 16.5. The predicted octanol–water partition coefficient (Wildman–Crippen LogP) is 3.84. The largest absolute Gasteiger partial charge is 0.375 e. The number of amides is 1. The van der Waals surface area contributed by atoms with Crippen LogP contribution in [-0.2, 0) is 11.3 Å². The monoisotopic (exact) mass is 387 g/mol. The van der Waals surface area contributed by atoms with E-state index in [9.17, 15) is 9.18 Å². The number of benzene rings is 1. The summed E-state index contributed by atoms with van der Waals surface area (Å²) in [5, 5.41) is 5.60. The summed E-state index contributed by atoms with van der Waals surface area (Å²) in [6, 6.07) is 8.37. The molecule has 27 heavy (non-hydrogen) atoms. The molecule has 2 aromatic heterocycles. The summed E-state index contributed by atoms with van der Waals surface area (Å²) in [6.07, 6.45) is 1.02. The fourth-order valence-corrected chi connectivity index (χ4v) is 4.52. The molecule has 142 valence electrons. The van der Waals surface area contributed by atoms with Gasteiger partial charge in [-0.25, -0.2) is 4.39 Å². The number of hydrogen-bond donors (Lipinski definition) is 0. The molecule has 0 N–H and O–H groups in total. The average Bonchev–Trinajstić information content (AvgIpc) is 3.24. The lowest BCUT2D eigenvalue weighted by molar-refractivity contribution is -0.0224. The number of rotatable bonds is 4. The summed E-state index contributed by atoms with van der Waals surface area (Å²) in [5.74, 6) is -0.189. The first-order chi connectivity index (χ1) is 13.0. The first-order valence-electron chi connectivity index (χ1n) is 9.17. The maximum atomic E-state index is 13.1. The number of thiophene rings is 1. The number of morpholine rings is 1. The molecule has 7 heteroatoms. The molecule has 0 radical (unpaired) electrons. The number of aromatic nitrogens is 2. The Morgan fingerprint density at radius 2 is 2.15 bits per heavy atom. The van der Waals surface area contributed by atoms with Gasteiger partial charge in [-0.2, -0.15) is 5.10 Å². The summed E-state index contributed by atoms with van der Waals surface area (Å²) in [5.41, 5.74) is 1.87. The van der Waals surface area contributed by atoms with E-state index in [4.69, 9.17) is 4.74 Å². The van der Waals surface area contributed by atoms with Gasteiger partial charge >= 0.3 is 0 Å². The van der Waals surface area contributed by atoms with Gasteiger partial charge in [0.25, 0.3) is 5.91 Å². The number of hydrogen-bond acceptors (Lipinski definition) is 4. The maximum absolute atomic E-state index is 13.1. The third-order valence-electron chi connectivity index (χ3n) is 4.95. The van der Waals surface area contributed by atoms with Crippen molar-refractivity contribution in [2.24, 2.45) is 0 Å². The standard InChI is InChI=1S/C20H22FN3O2S/c1-3-16-12-23(8-9-26-16)19(25)18-10-17-13(2)22-24(20(17)27-18)11-14-4-6-15(21)7-5-14/h4-7,10,16H,3,8-9,11-12H2,1-2H3. The van der Waals surface area contributed by atoms with Gasteiger partial charge in [-0.3, -0.25) is 9.48 Å². The van der Waals surface area contributed by atoms with Crippen molar-refractivity contribution in [1.82, 2.24) is 14.7 Å². The summed E-state index contributed by atoms with van der Waals surface area (Å²) >= 11 is 1.47. The van der Waals surface area contributed by atoms with E-state index in [0.717, 1.165) is 32.8 Å². The molecule has 0 saturated carbocycles. The minimum atomic E-state index is -0.250. The second-order valence-corrected chi connectivity index (χ2v) is 7.88. The van der Waals surface area contributed by atoms with E-state index >= 15 is 0 Å². The van der Waals surface area contributed by atoms with Crippen LogP contribution < -0.4 is 0 Å². The molecule has 0 aliphatic carbocycles. The van der Waals surface area contributed by atoms with Crippen LogP contribution in [0.3, 0.4) is 0 Å². The van der Waals surface area contributed by atoms with Crippen LogP contribution in [0.2, 0.25) is 0 Å². The van der Waals surface area contributed by atoms with Crippen LogP contribution in [0.4, 0.5) is 4.39 Å². The average molecular weight is 387 g/mol. The Kier molecular flexibility index (Phi) is 4.97. The van der Waals surface area contributed by atoms with Gasteiger partial charge in [0.2, 0.25) is 0 Å². The maximum Gasteiger partial charge on any atom is 0.264 e. The zero-order valence-electron chi connectivity index (χ0n) is 15.4. The minimum absolute atomic E-state index is 0.0608. The lowest BCUT2D eigenvalue weighted by Gasteiger charge is -2.32. The molecule has 1 fully saturated rings. The summed E-state index contributed by atoms with van der Waals surface area (Å²) < 4.78 is 20.7. The van der Waals surface area contributed by atoms with Crippen molar-refractivity contribution in [2.45, 2.75) is 32.9 Å². The van der Waals surface area contributed by atoms with Crippen LogP contribution in [-0.4, -0.2) is 46.4 Å². The van der Waals surface area contributed by atoms with Gasteiger partial charge in [0.15, 0.2) is 0 Å². The molecule has 1 atom stereocenters. The number of ether oxygens (including phenoxy) is 1. The van der Waals surface area contributed by atoms with E-state index in [2.05, 4.69) is 12.0 Å².